The number of nitrogens with one attached hydrogen (secondary N) is 1. The topological polar surface area (TPSA) is 73.6 Å². The van der Waals surface area contributed by atoms with E-state index in [4.69, 9.17) is 15.0 Å². The van der Waals surface area contributed by atoms with Crippen LogP contribution in [0.1, 0.15) is 34.6 Å². The largest absolute Gasteiger partial charge is 0.497 e. The molecule has 7 heteroatoms. The molecule has 116 valence electrons. The summed E-state index contributed by atoms with van der Waals surface area (Å²) in [7, 11) is -0.551. The highest BCUT2D eigenvalue weighted by atomic mass is 35.5. The fourth-order valence-corrected chi connectivity index (χ4v) is 2.05. The third-order valence-electron chi connectivity index (χ3n) is 3.89. The zero-order valence-corrected chi connectivity index (χ0v) is 13.8. The maximum absolute atomic E-state index is 11.3. The van der Waals surface area contributed by atoms with Crippen molar-refractivity contribution in [3.8, 4) is 0 Å². The van der Waals surface area contributed by atoms with Gasteiger partial charge in [-0.15, -0.1) is 12.4 Å². The molecular weight excluding hydrogens is 290 g/mol. The van der Waals surface area contributed by atoms with Crippen molar-refractivity contribution in [2.45, 2.75) is 45.8 Å². The lowest BCUT2D eigenvalue weighted by Crippen LogP contribution is -2.41. The molecule has 1 aliphatic heterocycles. The van der Waals surface area contributed by atoms with Gasteiger partial charge in [0, 0.05) is 23.8 Å². The van der Waals surface area contributed by atoms with Gasteiger partial charge in [-0.25, -0.2) is 0 Å². The van der Waals surface area contributed by atoms with Crippen LogP contribution in [0, 0.1) is 0 Å². The number of nitrogen functional groups attached to an aromatic ring is 1. The SMILES string of the molecule is CC(=O)Nc1ccc(N)cc1B1OC(C)(C)C(C)(C)O1.Cl. The van der Waals surface area contributed by atoms with E-state index in [9.17, 15) is 4.79 Å². The van der Waals surface area contributed by atoms with Gasteiger partial charge in [-0.2, -0.15) is 0 Å². The molecule has 1 aliphatic rings. The first-order valence-electron chi connectivity index (χ1n) is 6.65. The minimum Gasteiger partial charge on any atom is -0.399 e. The number of rotatable bonds is 2. The van der Waals surface area contributed by atoms with E-state index >= 15 is 0 Å². The number of carbonyl (C=O) groups excluding carboxylic acids is 1. The maximum atomic E-state index is 11.3. The maximum Gasteiger partial charge on any atom is 0.497 e. The third-order valence-corrected chi connectivity index (χ3v) is 3.89. The molecule has 0 aliphatic carbocycles. The molecule has 0 atom stereocenters. The zero-order chi connectivity index (χ0) is 15.1. The Bertz CT molecular complexity index is 533. The first-order valence-corrected chi connectivity index (χ1v) is 6.65. The predicted molar refractivity (Wildman–Crippen MR) is 88.1 cm³/mol. The second-order valence-corrected chi connectivity index (χ2v) is 6.12. The van der Waals surface area contributed by atoms with E-state index < -0.39 is 18.3 Å². The summed E-state index contributed by atoms with van der Waals surface area (Å²) in [4.78, 5) is 11.3. The minimum atomic E-state index is -0.551. The molecule has 1 saturated heterocycles. The molecule has 1 fully saturated rings. The van der Waals surface area contributed by atoms with Crippen LogP contribution in [0.5, 0.6) is 0 Å². The summed E-state index contributed by atoms with van der Waals surface area (Å²) >= 11 is 0. The molecule has 0 unspecified atom stereocenters. The molecule has 2 rings (SSSR count). The van der Waals surface area contributed by atoms with Crippen LogP contribution in [0.3, 0.4) is 0 Å². The van der Waals surface area contributed by atoms with E-state index in [1.54, 1.807) is 18.2 Å². The number of hydrogen-bond donors (Lipinski definition) is 2. The normalized spacial score (nSPS) is 19.0. The van der Waals surface area contributed by atoms with Gasteiger partial charge in [-0.1, -0.05) is 0 Å². The van der Waals surface area contributed by atoms with Crippen LogP contribution in [-0.2, 0) is 14.1 Å². The van der Waals surface area contributed by atoms with E-state index in [1.165, 1.54) is 6.92 Å². The first-order chi connectivity index (χ1) is 9.12. The van der Waals surface area contributed by atoms with Gasteiger partial charge in [0.2, 0.25) is 5.91 Å². The standard InChI is InChI=1S/C14H21BN2O3.ClH/c1-9(18)17-12-7-6-10(16)8-11(12)15-19-13(2,3)14(4,5)20-15;/h6-8H,16H2,1-5H3,(H,17,18);1H. The Labute approximate surface area is 132 Å². The molecule has 1 aromatic rings. The van der Waals surface area contributed by atoms with Gasteiger partial charge < -0.3 is 20.4 Å². The number of carbonyl (C=O) groups is 1. The van der Waals surface area contributed by atoms with Crippen molar-refractivity contribution in [1.82, 2.24) is 0 Å². The molecule has 1 heterocycles. The van der Waals surface area contributed by atoms with Crippen molar-refractivity contribution in [3.63, 3.8) is 0 Å². The fourth-order valence-electron chi connectivity index (χ4n) is 2.05. The second kappa shape index (κ2) is 5.87. The Morgan fingerprint density at radius 2 is 1.71 bits per heavy atom. The van der Waals surface area contributed by atoms with Gasteiger partial charge in [0.25, 0.3) is 0 Å². The third kappa shape index (κ3) is 3.51. The summed E-state index contributed by atoms with van der Waals surface area (Å²) in [5, 5.41) is 2.78. The lowest BCUT2D eigenvalue weighted by molar-refractivity contribution is -0.114. The molecule has 3 N–H and O–H groups in total. The molecule has 0 bridgehead atoms. The van der Waals surface area contributed by atoms with Crippen LogP contribution in [0.15, 0.2) is 18.2 Å². The van der Waals surface area contributed by atoms with E-state index in [0.29, 0.717) is 11.4 Å². The van der Waals surface area contributed by atoms with Crippen molar-refractivity contribution >= 4 is 42.3 Å². The van der Waals surface area contributed by atoms with E-state index in [0.717, 1.165) is 5.46 Å². The van der Waals surface area contributed by atoms with Crippen molar-refractivity contribution in [3.05, 3.63) is 18.2 Å². The van der Waals surface area contributed by atoms with E-state index in [1.807, 2.05) is 27.7 Å². The Morgan fingerprint density at radius 3 is 2.19 bits per heavy atom. The Hall–Kier alpha value is -1.24. The van der Waals surface area contributed by atoms with Crippen LogP contribution in [-0.4, -0.2) is 24.2 Å². The van der Waals surface area contributed by atoms with Crippen LogP contribution in [0.25, 0.3) is 0 Å². The molecule has 0 saturated carbocycles. The number of benzene rings is 1. The lowest BCUT2D eigenvalue weighted by Gasteiger charge is -2.32. The molecule has 21 heavy (non-hydrogen) atoms. The van der Waals surface area contributed by atoms with Gasteiger partial charge in [0.05, 0.1) is 11.2 Å². The Kier molecular flexibility index (Phi) is 4.98. The minimum absolute atomic E-state index is 0. The van der Waals surface area contributed by atoms with Gasteiger partial charge >= 0.3 is 7.12 Å². The van der Waals surface area contributed by atoms with Crippen molar-refractivity contribution in [2.24, 2.45) is 0 Å². The molecule has 0 aromatic heterocycles. The average Bonchev–Trinajstić information content (AvgIpc) is 2.50. The predicted octanol–water partition coefficient (Wildman–Crippen LogP) is 1.95. The average molecular weight is 313 g/mol. The number of anilines is 2. The quantitative estimate of drug-likeness (QED) is 0.646. The second-order valence-electron chi connectivity index (χ2n) is 6.12. The summed E-state index contributed by atoms with van der Waals surface area (Å²) in [5.41, 5.74) is 6.96. The molecule has 5 nitrogen and oxygen atoms in total. The lowest BCUT2D eigenvalue weighted by atomic mass is 9.77. The molecule has 0 radical (unpaired) electrons. The number of nitrogens with two attached hydrogens (primary N) is 1. The van der Waals surface area contributed by atoms with Gasteiger partial charge in [0.1, 0.15) is 0 Å². The fraction of sp³-hybridized carbons (Fsp3) is 0.500. The smallest absolute Gasteiger partial charge is 0.399 e. The highest BCUT2D eigenvalue weighted by Gasteiger charge is 2.52. The van der Waals surface area contributed by atoms with Crippen LogP contribution in [0.2, 0.25) is 0 Å². The highest BCUT2D eigenvalue weighted by molar-refractivity contribution is 6.64. The first kappa shape index (κ1) is 17.8. The molecule has 1 aromatic carbocycles. The molecule has 1 amide bonds. The molecule has 0 spiro atoms. The van der Waals surface area contributed by atoms with E-state index in [-0.39, 0.29) is 18.3 Å². The number of hydrogen-bond acceptors (Lipinski definition) is 4. The Balaban J connectivity index is 0.00000220. The van der Waals surface area contributed by atoms with Crippen molar-refractivity contribution < 1.29 is 14.1 Å². The van der Waals surface area contributed by atoms with Crippen LogP contribution >= 0.6 is 12.4 Å². The highest BCUT2D eigenvalue weighted by Crippen LogP contribution is 2.37. The summed E-state index contributed by atoms with van der Waals surface area (Å²) in [6.45, 7) is 9.40. The van der Waals surface area contributed by atoms with Crippen molar-refractivity contribution in [1.29, 1.82) is 0 Å². The summed E-state index contributed by atoms with van der Waals surface area (Å²) in [6.07, 6.45) is 0. The van der Waals surface area contributed by atoms with Gasteiger partial charge in [-0.05, 0) is 45.9 Å². The summed E-state index contributed by atoms with van der Waals surface area (Å²) < 4.78 is 12.0. The van der Waals surface area contributed by atoms with Gasteiger partial charge in [0.15, 0.2) is 0 Å². The number of halogens is 1. The van der Waals surface area contributed by atoms with Crippen molar-refractivity contribution in [2.75, 3.05) is 11.1 Å². The van der Waals surface area contributed by atoms with Crippen LogP contribution in [0.4, 0.5) is 11.4 Å². The summed E-state index contributed by atoms with van der Waals surface area (Å²) in [5.74, 6) is -0.146. The Morgan fingerprint density at radius 1 is 1.19 bits per heavy atom. The number of amides is 1. The zero-order valence-electron chi connectivity index (χ0n) is 13.0. The summed E-state index contributed by atoms with van der Waals surface area (Å²) in [6, 6.07) is 5.27. The molecular formula is C14H22BClN2O3. The van der Waals surface area contributed by atoms with E-state index in [2.05, 4.69) is 5.32 Å². The monoisotopic (exact) mass is 312 g/mol. The van der Waals surface area contributed by atoms with Crippen LogP contribution < -0.4 is 16.5 Å². The van der Waals surface area contributed by atoms with Gasteiger partial charge in [-0.3, -0.25) is 4.79 Å².